The molecular formula is C42H51N5O11. The maximum absolute atomic E-state index is 13.1. The van der Waals surface area contributed by atoms with Crippen molar-refractivity contribution in [1.29, 1.82) is 0 Å². The summed E-state index contributed by atoms with van der Waals surface area (Å²) in [6.07, 6.45) is -4.29. The van der Waals surface area contributed by atoms with Crippen molar-refractivity contribution in [3.63, 3.8) is 0 Å². The van der Waals surface area contributed by atoms with Crippen molar-refractivity contribution >= 4 is 40.8 Å². The number of carboxylic acid groups (broad SMARTS) is 1. The maximum atomic E-state index is 13.1. The molecule has 16 heteroatoms. The summed E-state index contributed by atoms with van der Waals surface area (Å²) < 4.78 is 6.02. The Labute approximate surface area is 335 Å². The average molecular weight is 802 g/mol. The highest BCUT2D eigenvalue weighted by molar-refractivity contribution is 5.97. The van der Waals surface area contributed by atoms with Gasteiger partial charge in [0.15, 0.2) is 5.60 Å². The van der Waals surface area contributed by atoms with Gasteiger partial charge in [0, 0.05) is 49.4 Å². The molecule has 0 aliphatic carbocycles. The minimum atomic E-state index is -2.09. The number of carboxylic acids is 1. The predicted molar refractivity (Wildman–Crippen MR) is 213 cm³/mol. The average Bonchev–Trinajstić information content (AvgIpc) is 3.63. The number of ether oxygens (including phenoxy) is 1. The Hall–Kier alpha value is -5.65. The van der Waals surface area contributed by atoms with Crippen LogP contribution in [-0.4, -0.2) is 114 Å². The van der Waals surface area contributed by atoms with Gasteiger partial charge in [-0.1, -0.05) is 44.2 Å². The SMILES string of the molecule is CC(=O)N[C@H]1[C@H]([C@H](O)[C@H](O)CNC(=O)c2cc(C)c(O)c(C)c2)O[C@@](C/C=C/c2cccc(CNC(=O)c3ccc4nc(C(C)(C)CO)[nH]c4c3)c2)(C(=O)O)C[C@@H]1O. The first-order valence-electron chi connectivity index (χ1n) is 18.8. The Morgan fingerprint density at radius 3 is 2.36 bits per heavy atom. The second kappa shape index (κ2) is 17.9. The number of fused-ring (bicyclic) bond motifs is 1. The van der Waals surface area contributed by atoms with Crippen LogP contribution in [0.5, 0.6) is 5.75 Å². The van der Waals surface area contributed by atoms with Gasteiger partial charge >= 0.3 is 5.97 Å². The third kappa shape index (κ3) is 9.89. The molecule has 0 spiro atoms. The Balaban J connectivity index is 1.25. The normalized spacial score (nSPS) is 20.7. The molecule has 16 nitrogen and oxygen atoms in total. The van der Waals surface area contributed by atoms with Crippen molar-refractivity contribution in [2.45, 2.75) is 95.5 Å². The fraction of sp³-hybridized carbons (Fsp3) is 0.405. The summed E-state index contributed by atoms with van der Waals surface area (Å²) in [6, 6.07) is 13.8. The van der Waals surface area contributed by atoms with Crippen LogP contribution in [0.1, 0.15) is 82.4 Å². The standard InChI is InChI=1S/C42H51N5O11/c1-22-14-28(15-23(2)34(22)52)38(55)44-20-32(51)35(53)36-33(45-24(3)49)31(50)18-42(58-36,40(56)57)13-7-10-25-8-6-9-26(16-25)19-43-37(54)27-11-12-29-30(17-27)47-39(46-29)41(4,5)21-48/h6-12,14-17,31-33,35-36,48,50-53H,13,18-21H2,1-5H3,(H,43,54)(H,44,55)(H,45,49)(H,46,47)(H,56,57)/b10-7+/t31-,32+,33+,35+,36+,42+/m0/s1. The Morgan fingerprint density at radius 1 is 1.02 bits per heavy atom. The van der Waals surface area contributed by atoms with Crippen molar-refractivity contribution in [3.8, 4) is 5.75 Å². The summed E-state index contributed by atoms with van der Waals surface area (Å²) in [5.74, 6) is -2.33. The minimum absolute atomic E-state index is 0.0378. The minimum Gasteiger partial charge on any atom is -0.507 e. The molecule has 58 heavy (non-hydrogen) atoms. The predicted octanol–water partition coefficient (Wildman–Crippen LogP) is 2.12. The summed E-state index contributed by atoms with van der Waals surface area (Å²) in [4.78, 5) is 58.5. The number of phenols is 1. The van der Waals surface area contributed by atoms with Crippen LogP contribution in [0.4, 0.5) is 0 Å². The van der Waals surface area contributed by atoms with Gasteiger partial charge in [-0.25, -0.2) is 9.78 Å². The van der Waals surface area contributed by atoms with Crippen molar-refractivity contribution in [2.75, 3.05) is 13.2 Å². The summed E-state index contributed by atoms with van der Waals surface area (Å²) in [5, 5.41) is 71.4. The molecule has 1 aromatic heterocycles. The van der Waals surface area contributed by atoms with Gasteiger partial charge in [0.2, 0.25) is 5.91 Å². The van der Waals surface area contributed by atoms with E-state index in [1.807, 2.05) is 19.9 Å². The smallest absolute Gasteiger partial charge is 0.336 e. The largest absolute Gasteiger partial charge is 0.507 e. The molecule has 2 heterocycles. The Bertz CT molecular complexity index is 2180. The van der Waals surface area contributed by atoms with Crippen LogP contribution in [0.2, 0.25) is 0 Å². The van der Waals surface area contributed by atoms with Crippen LogP contribution < -0.4 is 16.0 Å². The molecule has 3 amide bonds. The molecule has 310 valence electrons. The lowest BCUT2D eigenvalue weighted by Gasteiger charge is -2.47. The lowest BCUT2D eigenvalue weighted by molar-refractivity contribution is -0.226. The van der Waals surface area contributed by atoms with E-state index < -0.39 is 72.2 Å². The molecule has 1 fully saturated rings. The molecule has 0 radical (unpaired) electrons. The number of hydrogen-bond acceptors (Lipinski definition) is 11. The van der Waals surface area contributed by atoms with Crippen molar-refractivity contribution in [3.05, 3.63) is 99.9 Å². The van der Waals surface area contributed by atoms with Gasteiger partial charge in [-0.3, -0.25) is 14.4 Å². The lowest BCUT2D eigenvalue weighted by atomic mass is 9.81. The molecule has 0 unspecified atom stereocenters. The number of aliphatic carboxylic acids is 1. The first-order chi connectivity index (χ1) is 27.3. The number of hydrogen-bond donors (Lipinski definition) is 10. The number of aromatic amines is 1. The number of phenolic OH excluding ortho intramolecular Hbond substituents is 1. The second-order valence-corrected chi connectivity index (χ2v) is 15.5. The van der Waals surface area contributed by atoms with E-state index in [1.54, 1.807) is 56.3 Å². The van der Waals surface area contributed by atoms with E-state index in [1.165, 1.54) is 25.1 Å². The summed E-state index contributed by atoms with van der Waals surface area (Å²) in [5.41, 5.74) is 1.61. The monoisotopic (exact) mass is 801 g/mol. The molecule has 0 saturated carbocycles. The van der Waals surface area contributed by atoms with E-state index in [2.05, 4.69) is 25.9 Å². The quantitative estimate of drug-likeness (QED) is 0.0829. The van der Waals surface area contributed by atoms with Crippen molar-refractivity contribution in [1.82, 2.24) is 25.9 Å². The van der Waals surface area contributed by atoms with Gasteiger partial charge in [-0.05, 0) is 72.5 Å². The van der Waals surface area contributed by atoms with E-state index in [-0.39, 0.29) is 36.8 Å². The number of carbonyl (C=O) groups is 4. The number of benzene rings is 3. The van der Waals surface area contributed by atoms with E-state index in [4.69, 9.17) is 4.74 Å². The van der Waals surface area contributed by atoms with Crippen LogP contribution in [0, 0.1) is 13.8 Å². The summed E-state index contributed by atoms with van der Waals surface area (Å²) in [6.45, 7) is 7.71. The molecule has 1 aliphatic heterocycles. The molecule has 1 aliphatic rings. The molecule has 0 bridgehead atoms. The Morgan fingerprint density at radius 2 is 1.71 bits per heavy atom. The number of amides is 3. The van der Waals surface area contributed by atoms with E-state index in [0.29, 0.717) is 39.1 Å². The number of aliphatic hydroxyl groups excluding tert-OH is 4. The number of aliphatic hydroxyl groups is 4. The van der Waals surface area contributed by atoms with E-state index in [0.717, 1.165) is 5.56 Å². The molecule has 1 saturated heterocycles. The zero-order valence-electron chi connectivity index (χ0n) is 32.9. The summed E-state index contributed by atoms with van der Waals surface area (Å²) >= 11 is 0. The van der Waals surface area contributed by atoms with Crippen LogP contribution in [0.25, 0.3) is 17.1 Å². The first-order valence-corrected chi connectivity index (χ1v) is 18.8. The topological polar surface area (TPSA) is 264 Å². The van der Waals surface area contributed by atoms with Crippen molar-refractivity contribution < 1.29 is 54.6 Å². The third-order valence-electron chi connectivity index (χ3n) is 10.3. The van der Waals surface area contributed by atoms with Gasteiger partial charge < -0.3 is 56.3 Å². The van der Waals surface area contributed by atoms with Gasteiger partial charge in [0.1, 0.15) is 23.8 Å². The summed E-state index contributed by atoms with van der Waals surface area (Å²) in [7, 11) is 0. The Kier molecular flexibility index (Phi) is 13.4. The lowest BCUT2D eigenvalue weighted by Crippen LogP contribution is -2.67. The van der Waals surface area contributed by atoms with Crippen LogP contribution in [0.15, 0.2) is 60.7 Å². The first kappa shape index (κ1) is 43.5. The van der Waals surface area contributed by atoms with Gasteiger partial charge in [-0.2, -0.15) is 0 Å². The molecule has 5 rings (SSSR count). The van der Waals surface area contributed by atoms with Crippen LogP contribution in [-0.2, 0) is 26.3 Å². The van der Waals surface area contributed by atoms with E-state index >= 15 is 0 Å². The number of imidazole rings is 1. The van der Waals surface area contributed by atoms with Gasteiger partial charge in [0.05, 0.1) is 35.9 Å². The van der Waals surface area contributed by atoms with E-state index in [9.17, 15) is 49.8 Å². The number of rotatable bonds is 15. The third-order valence-corrected chi connectivity index (χ3v) is 10.3. The number of nitrogens with one attached hydrogen (secondary N) is 4. The number of carbonyl (C=O) groups excluding carboxylic acids is 3. The second-order valence-electron chi connectivity index (χ2n) is 15.5. The van der Waals surface area contributed by atoms with Crippen LogP contribution in [0.3, 0.4) is 0 Å². The molecule has 3 aromatic carbocycles. The highest BCUT2D eigenvalue weighted by atomic mass is 16.6. The zero-order chi connectivity index (χ0) is 42.5. The van der Waals surface area contributed by atoms with Crippen molar-refractivity contribution in [2.24, 2.45) is 0 Å². The highest BCUT2D eigenvalue weighted by Gasteiger charge is 2.54. The zero-order valence-corrected chi connectivity index (χ0v) is 32.9. The number of H-pyrrole nitrogens is 1. The highest BCUT2D eigenvalue weighted by Crippen LogP contribution is 2.36. The fourth-order valence-corrected chi connectivity index (χ4v) is 6.87. The van der Waals surface area contributed by atoms with Gasteiger partial charge in [-0.15, -0.1) is 0 Å². The number of aromatic nitrogens is 2. The molecule has 6 atom stereocenters. The van der Waals surface area contributed by atoms with Crippen LogP contribution >= 0.6 is 0 Å². The molecule has 4 aromatic rings. The number of aryl methyl sites for hydroxylation is 2. The fourth-order valence-electron chi connectivity index (χ4n) is 6.87. The number of nitrogens with zero attached hydrogens (tertiary/aromatic N) is 1. The molecular weight excluding hydrogens is 750 g/mol. The van der Waals surface area contributed by atoms with Gasteiger partial charge in [0.25, 0.3) is 11.8 Å². The molecule has 10 N–H and O–H groups in total. The number of aromatic hydroxyl groups is 1. The maximum Gasteiger partial charge on any atom is 0.336 e.